The number of benzene rings is 2. The number of para-hydroxylation sites is 1. The molecule has 0 spiro atoms. The molecule has 4 rings (SSSR count). The Hall–Kier alpha value is -3.86. The van der Waals surface area contributed by atoms with Crippen LogP contribution in [0.4, 0.5) is 5.69 Å². The number of ether oxygens (including phenoxy) is 1. The highest BCUT2D eigenvalue weighted by Gasteiger charge is 2.11. The van der Waals surface area contributed by atoms with Crippen LogP contribution in [-0.2, 0) is 0 Å². The zero-order valence-corrected chi connectivity index (χ0v) is 15.4. The standard InChI is InChI=1S/C23H19N3O2/c1-17-9-10-21(28-20-7-3-2-4-8-20)14-22(17)25-23(27)18-13-19(16-24-15-18)26-11-5-6-12-26/h2-16H,1H3,(H,25,27). The van der Waals surface area contributed by atoms with Crippen molar-refractivity contribution in [3.05, 3.63) is 103 Å². The average Bonchev–Trinajstić information content (AvgIpc) is 3.26. The highest BCUT2D eigenvalue weighted by molar-refractivity contribution is 6.04. The van der Waals surface area contributed by atoms with Gasteiger partial charge < -0.3 is 14.6 Å². The van der Waals surface area contributed by atoms with Crippen LogP contribution in [0.5, 0.6) is 11.5 Å². The summed E-state index contributed by atoms with van der Waals surface area (Å²) in [4.78, 5) is 16.9. The van der Waals surface area contributed by atoms with E-state index < -0.39 is 0 Å². The predicted molar refractivity (Wildman–Crippen MR) is 109 cm³/mol. The largest absolute Gasteiger partial charge is 0.457 e. The van der Waals surface area contributed by atoms with Gasteiger partial charge in [0.25, 0.3) is 5.91 Å². The Kier molecular flexibility index (Phi) is 4.89. The number of carbonyl (C=O) groups is 1. The molecule has 0 aliphatic rings. The van der Waals surface area contributed by atoms with Crippen molar-refractivity contribution in [3.63, 3.8) is 0 Å². The first-order valence-electron chi connectivity index (χ1n) is 8.92. The maximum Gasteiger partial charge on any atom is 0.257 e. The monoisotopic (exact) mass is 369 g/mol. The summed E-state index contributed by atoms with van der Waals surface area (Å²) in [6, 6.07) is 20.8. The average molecular weight is 369 g/mol. The van der Waals surface area contributed by atoms with E-state index in [2.05, 4.69) is 10.3 Å². The third-order valence-electron chi connectivity index (χ3n) is 4.32. The van der Waals surface area contributed by atoms with Crippen molar-refractivity contribution >= 4 is 11.6 Å². The lowest BCUT2D eigenvalue weighted by atomic mass is 10.1. The Morgan fingerprint density at radius 2 is 1.71 bits per heavy atom. The van der Waals surface area contributed by atoms with Crippen LogP contribution in [0.15, 0.2) is 91.5 Å². The lowest BCUT2D eigenvalue weighted by molar-refractivity contribution is 0.102. The number of anilines is 1. The molecule has 5 heteroatoms. The summed E-state index contributed by atoms with van der Waals surface area (Å²) in [5.74, 6) is 1.18. The number of rotatable bonds is 5. The Morgan fingerprint density at radius 3 is 2.50 bits per heavy atom. The van der Waals surface area contributed by atoms with Crippen molar-refractivity contribution in [3.8, 4) is 17.2 Å². The normalized spacial score (nSPS) is 10.5. The summed E-state index contributed by atoms with van der Waals surface area (Å²) in [5.41, 5.74) is 2.96. The molecular formula is C23H19N3O2. The van der Waals surface area contributed by atoms with Gasteiger partial charge in [0.2, 0.25) is 0 Å². The molecule has 2 aromatic carbocycles. The molecule has 0 aliphatic heterocycles. The van der Waals surface area contributed by atoms with Crippen LogP contribution < -0.4 is 10.1 Å². The molecule has 0 unspecified atom stereocenters. The topological polar surface area (TPSA) is 56.1 Å². The van der Waals surface area contributed by atoms with Crippen molar-refractivity contribution in [2.75, 3.05) is 5.32 Å². The van der Waals surface area contributed by atoms with Gasteiger partial charge in [0, 0.05) is 30.3 Å². The van der Waals surface area contributed by atoms with E-state index in [0.717, 1.165) is 17.0 Å². The Bertz CT molecular complexity index is 1090. The first-order chi connectivity index (χ1) is 13.7. The summed E-state index contributed by atoms with van der Waals surface area (Å²) < 4.78 is 7.77. The summed E-state index contributed by atoms with van der Waals surface area (Å²) in [6.45, 7) is 1.94. The van der Waals surface area contributed by atoms with Gasteiger partial charge in [0.1, 0.15) is 11.5 Å². The van der Waals surface area contributed by atoms with Crippen LogP contribution in [0.2, 0.25) is 0 Å². The molecule has 2 heterocycles. The molecule has 0 saturated carbocycles. The van der Waals surface area contributed by atoms with Gasteiger partial charge in [0.15, 0.2) is 0 Å². The maximum absolute atomic E-state index is 12.8. The van der Waals surface area contributed by atoms with Gasteiger partial charge in [-0.1, -0.05) is 24.3 Å². The van der Waals surface area contributed by atoms with Crippen molar-refractivity contribution in [2.45, 2.75) is 6.92 Å². The summed E-state index contributed by atoms with van der Waals surface area (Å²) in [7, 11) is 0. The molecule has 0 atom stereocenters. The molecule has 1 amide bonds. The van der Waals surface area contributed by atoms with E-state index >= 15 is 0 Å². The van der Waals surface area contributed by atoms with Crippen LogP contribution in [0.3, 0.4) is 0 Å². The molecule has 4 aromatic rings. The van der Waals surface area contributed by atoms with Gasteiger partial charge in [-0.2, -0.15) is 0 Å². The molecule has 1 N–H and O–H groups in total. The van der Waals surface area contributed by atoms with Gasteiger partial charge in [-0.05, 0) is 48.9 Å². The fraction of sp³-hybridized carbons (Fsp3) is 0.0435. The van der Waals surface area contributed by atoms with Gasteiger partial charge >= 0.3 is 0 Å². The number of amides is 1. The van der Waals surface area contributed by atoms with E-state index in [1.54, 1.807) is 12.4 Å². The van der Waals surface area contributed by atoms with Gasteiger partial charge in [-0.3, -0.25) is 9.78 Å². The molecule has 0 radical (unpaired) electrons. The molecule has 0 aliphatic carbocycles. The van der Waals surface area contributed by atoms with Crippen LogP contribution in [-0.4, -0.2) is 15.5 Å². The van der Waals surface area contributed by atoms with Gasteiger partial charge in [-0.15, -0.1) is 0 Å². The maximum atomic E-state index is 12.8. The molecule has 2 aromatic heterocycles. The first kappa shape index (κ1) is 17.5. The Balaban J connectivity index is 1.54. The summed E-state index contributed by atoms with van der Waals surface area (Å²) in [5, 5.41) is 2.96. The Labute approximate surface area is 163 Å². The SMILES string of the molecule is Cc1ccc(Oc2ccccc2)cc1NC(=O)c1cncc(-n2cccc2)c1. The minimum atomic E-state index is -0.221. The zero-order chi connectivity index (χ0) is 19.3. The second-order valence-electron chi connectivity index (χ2n) is 6.37. The smallest absolute Gasteiger partial charge is 0.257 e. The van der Waals surface area contributed by atoms with E-state index in [1.165, 1.54) is 0 Å². The summed E-state index contributed by atoms with van der Waals surface area (Å²) >= 11 is 0. The highest BCUT2D eigenvalue weighted by atomic mass is 16.5. The number of hydrogen-bond donors (Lipinski definition) is 1. The molecule has 0 fully saturated rings. The fourth-order valence-corrected chi connectivity index (χ4v) is 2.82. The number of hydrogen-bond acceptors (Lipinski definition) is 3. The van der Waals surface area contributed by atoms with Crippen molar-refractivity contribution in [2.24, 2.45) is 0 Å². The van der Waals surface area contributed by atoms with Crippen LogP contribution in [0.25, 0.3) is 5.69 Å². The van der Waals surface area contributed by atoms with E-state index in [9.17, 15) is 4.79 Å². The number of nitrogens with one attached hydrogen (secondary N) is 1. The molecule has 28 heavy (non-hydrogen) atoms. The van der Waals surface area contributed by atoms with Crippen LogP contribution >= 0.6 is 0 Å². The molecule has 0 saturated heterocycles. The number of carbonyl (C=O) groups excluding carboxylic acids is 1. The van der Waals surface area contributed by atoms with E-state index in [-0.39, 0.29) is 5.91 Å². The van der Waals surface area contributed by atoms with E-state index in [1.807, 2.05) is 90.6 Å². The van der Waals surface area contributed by atoms with E-state index in [0.29, 0.717) is 17.0 Å². The quantitative estimate of drug-likeness (QED) is 0.524. The van der Waals surface area contributed by atoms with Crippen molar-refractivity contribution < 1.29 is 9.53 Å². The van der Waals surface area contributed by atoms with Crippen LogP contribution in [0.1, 0.15) is 15.9 Å². The third kappa shape index (κ3) is 3.94. The van der Waals surface area contributed by atoms with E-state index in [4.69, 9.17) is 4.74 Å². The van der Waals surface area contributed by atoms with Gasteiger partial charge in [-0.25, -0.2) is 0 Å². The lowest BCUT2D eigenvalue weighted by Gasteiger charge is -2.12. The minimum absolute atomic E-state index is 0.221. The second-order valence-corrected chi connectivity index (χ2v) is 6.37. The number of pyridine rings is 1. The zero-order valence-electron chi connectivity index (χ0n) is 15.4. The lowest BCUT2D eigenvalue weighted by Crippen LogP contribution is -2.13. The second kappa shape index (κ2) is 7.80. The molecule has 5 nitrogen and oxygen atoms in total. The predicted octanol–water partition coefficient (Wildman–Crippen LogP) is 5.23. The molecule has 138 valence electrons. The minimum Gasteiger partial charge on any atom is -0.457 e. The Morgan fingerprint density at radius 1 is 0.929 bits per heavy atom. The molecular weight excluding hydrogens is 350 g/mol. The number of aryl methyl sites for hydroxylation is 1. The third-order valence-corrected chi connectivity index (χ3v) is 4.32. The van der Waals surface area contributed by atoms with Gasteiger partial charge in [0.05, 0.1) is 17.4 Å². The van der Waals surface area contributed by atoms with Crippen molar-refractivity contribution in [1.29, 1.82) is 0 Å². The number of aromatic nitrogens is 2. The molecule has 0 bridgehead atoms. The fourth-order valence-electron chi connectivity index (χ4n) is 2.82. The van der Waals surface area contributed by atoms with Crippen LogP contribution in [0, 0.1) is 6.92 Å². The number of nitrogens with zero attached hydrogens (tertiary/aromatic N) is 2. The van der Waals surface area contributed by atoms with Crippen molar-refractivity contribution in [1.82, 2.24) is 9.55 Å². The first-order valence-corrected chi connectivity index (χ1v) is 8.92. The summed E-state index contributed by atoms with van der Waals surface area (Å²) in [6.07, 6.45) is 7.10. The highest BCUT2D eigenvalue weighted by Crippen LogP contribution is 2.27.